The lowest BCUT2D eigenvalue weighted by atomic mass is 10.0. The minimum absolute atomic E-state index is 0.202. The molecule has 0 radical (unpaired) electrons. The van der Waals surface area contributed by atoms with Crippen LogP contribution in [-0.2, 0) is 4.79 Å². The third-order valence-corrected chi connectivity index (χ3v) is 4.03. The van der Waals surface area contributed by atoms with Crippen LogP contribution in [0.1, 0.15) is 65.7 Å². The topological polar surface area (TPSA) is 29.1 Å². The molecule has 1 amide bonds. The fourth-order valence-electron chi connectivity index (χ4n) is 1.80. The van der Waals surface area contributed by atoms with Crippen LogP contribution < -0.4 is 5.32 Å². The molecule has 1 N–H and O–H groups in total. The first-order valence-electron chi connectivity index (χ1n) is 7.51. The Balaban J connectivity index is 3.12. The summed E-state index contributed by atoms with van der Waals surface area (Å²) in [7, 11) is 0. The highest BCUT2D eigenvalue weighted by atomic mass is 32.2. The van der Waals surface area contributed by atoms with Gasteiger partial charge in [-0.3, -0.25) is 4.79 Å². The summed E-state index contributed by atoms with van der Waals surface area (Å²) in [6.07, 6.45) is 8.90. The summed E-state index contributed by atoms with van der Waals surface area (Å²) >= 11 is 1.73. The van der Waals surface area contributed by atoms with Gasteiger partial charge >= 0.3 is 0 Å². The molecule has 0 heterocycles. The van der Waals surface area contributed by atoms with Crippen molar-refractivity contribution < 1.29 is 4.79 Å². The molecular formula is C15H31NOS. The van der Waals surface area contributed by atoms with E-state index in [9.17, 15) is 4.79 Å². The smallest absolute Gasteiger partial charge is 0.229 e. The van der Waals surface area contributed by atoms with Crippen LogP contribution in [0.2, 0.25) is 0 Å². The van der Waals surface area contributed by atoms with E-state index in [2.05, 4.69) is 26.1 Å². The lowest BCUT2D eigenvalue weighted by Gasteiger charge is -2.06. The van der Waals surface area contributed by atoms with E-state index < -0.39 is 0 Å². The molecule has 0 aromatic carbocycles. The first kappa shape index (κ1) is 17.8. The van der Waals surface area contributed by atoms with Crippen molar-refractivity contribution >= 4 is 17.7 Å². The lowest BCUT2D eigenvalue weighted by Crippen LogP contribution is -2.26. The van der Waals surface area contributed by atoms with E-state index in [4.69, 9.17) is 0 Å². The highest BCUT2D eigenvalue weighted by molar-refractivity contribution is 7.99. The number of rotatable bonds is 12. The molecule has 0 saturated carbocycles. The van der Waals surface area contributed by atoms with Crippen LogP contribution in [0.4, 0.5) is 0 Å². The van der Waals surface area contributed by atoms with Crippen molar-refractivity contribution in [2.24, 2.45) is 5.92 Å². The van der Waals surface area contributed by atoms with Gasteiger partial charge in [0.15, 0.2) is 0 Å². The van der Waals surface area contributed by atoms with Crippen LogP contribution >= 0.6 is 11.8 Å². The average Bonchev–Trinajstić information content (AvgIpc) is 2.32. The zero-order valence-corrected chi connectivity index (χ0v) is 13.3. The van der Waals surface area contributed by atoms with Crippen molar-refractivity contribution in [3.63, 3.8) is 0 Å². The van der Waals surface area contributed by atoms with Gasteiger partial charge in [0.25, 0.3) is 0 Å². The third-order valence-electron chi connectivity index (χ3n) is 2.86. The van der Waals surface area contributed by atoms with Crippen molar-refractivity contribution in [1.29, 1.82) is 0 Å². The molecule has 0 spiro atoms. The third kappa shape index (κ3) is 13.9. The molecule has 0 aromatic heterocycles. The minimum Gasteiger partial charge on any atom is -0.355 e. The Morgan fingerprint density at radius 3 is 2.44 bits per heavy atom. The predicted molar refractivity (Wildman–Crippen MR) is 83.2 cm³/mol. The molecule has 18 heavy (non-hydrogen) atoms. The molecule has 3 heteroatoms. The number of hydrogen-bond acceptors (Lipinski definition) is 2. The van der Waals surface area contributed by atoms with Gasteiger partial charge in [0, 0.05) is 6.54 Å². The standard InChI is InChI=1S/C15H31NOS/c1-4-12-18-13-15(17)16-11-9-7-5-6-8-10-14(2)3/h14H,4-13H2,1-3H3,(H,16,17). The number of unbranched alkanes of at least 4 members (excludes halogenated alkanes) is 4. The summed E-state index contributed by atoms with van der Waals surface area (Å²) in [6.45, 7) is 7.57. The van der Waals surface area contributed by atoms with E-state index >= 15 is 0 Å². The maximum Gasteiger partial charge on any atom is 0.229 e. The van der Waals surface area contributed by atoms with Crippen LogP contribution in [0, 0.1) is 5.92 Å². The van der Waals surface area contributed by atoms with E-state index in [-0.39, 0.29) is 5.91 Å². The number of carbonyl (C=O) groups is 1. The molecule has 0 aliphatic rings. The fourth-order valence-corrected chi connectivity index (χ4v) is 2.52. The molecule has 0 unspecified atom stereocenters. The van der Waals surface area contributed by atoms with Gasteiger partial charge in [-0.15, -0.1) is 0 Å². The average molecular weight is 273 g/mol. The van der Waals surface area contributed by atoms with Crippen LogP contribution in [0.5, 0.6) is 0 Å². The Hall–Kier alpha value is -0.180. The second-order valence-corrected chi connectivity index (χ2v) is 6.46. The molecule has 0 aliphatic heterocycles. The van der Waals surface area contributed by atoms with Gasteiger partial charge in [0.05, 0.1) is 5.75 Å². The summed E-state index contributed by atoms with van der Waals surface area (Å²) in [5.74, 6) is 2.75. The van der Waals surface area contributed by atoms with Crippen LogP contribution in [0.3, 0.4) is 0 Å². The minimum atomic E-state index is 0.202. The maximum atomic E-state index is 11.4. The molecule has 0 atom stereocenters. The first-order valence-corrected chi connectivity index (χ1v) is 8.66. The monoisotopic (exact) mass is 273 g/mol. The highest BCUT2D eigenvalue weighted by Crippen LogP contribution is 2.10. The van der Waals surface area contributed by atoms with Gasteiger partial charge in [0.2, 0.25) is 5.91 Å². The SMILES string of the molecule is CCCSCC(=O)NCCCCCCCC(C)C. The van der Waals surface area contributed by atoms with Gasteiger partial charge in [-0.05, 0) is 24.5 Å². The Morgan fingerprint density at radius 2 is 1.78 bits per heavy atom. The summed E-state index contributed by atoms with van der Waals surface area (Å²) in [4.78, 5) is 11.4. The van der Waals surface area contributed by atoms with Crippen molar-refractivity contribution in [3.05, 3.63) is 0 Å². The van der Waals surface area contributed by atoms with Crippen molar-refractivity contribution in [2.75, 3.05) is 18.1 Å². The van der Waals surface area contributed by atoms with E-state index in [1.165, 1.54) is 32.1 Å². The number of amides is 1. The van der Waals surface area contributed by atoms with Gasteiger partial charge in [-0.25, -0.2) is 0 Å². The summed E-state index contributed by atoms with van der Waals surface area (Å²) in [5, 5.41) is 2.99. The van der Waals surface area contributed by atoms with Crippen LogP contribution in [-0.4, -0.2) is 24.0 Å². The van der Waals surface area contributed by atoms with E-state index in [0.717, 1.165) is 31.1 Å². The van der Waals surface area contributed by atoms with E-state index in [1.54, 1.807) is 11.8 Å². The van der Waals surface area contributed by atoms with Gasteiger partial charge in [-0.2, -0.15) is 11.8 Å². The number of hydrogen-bond donors (Lipinski definition) is 1. The first-order chi connectivity index (χ1) is 8.66. The van der Waals surface area contributed by atoms with Crippen molar-refractivity contribution in [2.45, 2.75) is 65.7 Å². The largest absolute Gasteiger partial charge is 0.355 e. The van der Waals surface area contributed by atoms with E-state index in [0.29, 0.717) is 5.75 Å². The van der Waals surface area contributed by atoms with Crippen molar-refractivity contribution in [3.8, 4) is 0 Å². The number of nitrogens with one attached hydrogen (secondary N) is 1. The predicted octanol–water partition coefficient (Wildman–Crippen LogP) is 4.24. The summed E-state index contributed by atoms with van der Waals surface area (Å²) < 4.78 is 0. The van der Waals surface area contributed by atoms with Crippen LogP contribution in [0.25, 0.3) is 0 Å². The van der Waals surface area contributed by atoms with Crippen LogP contribution in [0.15, 0.2) is 0 Å². The highest BCUT2D eigenvalue weighted by Gasteiger charge is 2.00. The van der Waals surface area contributed by atoms with Gasteiger partial charge < -0.3 is 5.32 Å². The van der Waals surface area contributed by atoms with Crippen molar-refractivity contribution in [1.82, 2.24) is 5.32 Å². The van der Waals surface area contributed by atoms with E-state index in [1.807, 2.05) is 0 Å². The molecule has 0 rings (SSSR count). The zero-order chi connectivity index (χ0) is 13.6. The number of carbonyl (C=O) groups excluding carboxylic acids is 1. The Morgan fingerprint density at radius 1 is 1.11 bits per heavy atom. The molecular weight excluding hydrogens is 242 g/mol. The number of thioether (sulfide) groups is 1. The second kappa shape index (κ2) is 13.3. The molecule has 0 aliphatic carbocycles. The molecule has 0 aromatic rings. The molecule has 0 saturated heterocycles. The lowest BCUT2D eigenvalue weighted by molar-refractivity contribution is -0.118. The van der Waals surface area contributed by atoms with Gasteiger partial charge in [0.1, 0.15) is 0 Å². The molecule has 0 fully saturated rings. The Kier molecular flexibility index (Phi) is 13.1. The summed E-state index contributed by atoms with van der Waals surface area (Å²) in [5.41, 5.74) is 0. The summed E-state index contributed by atoms with van der Waals surface area (Å²) in [6, 6.07) is 0. The van der Waals surface area contributed by atoms with Gasteiger partial charge in [-0.1, -0.05) is 52.9 Å². The fraction of sp³-hybridized carbons (Fsp3) is 0.933. The Bertz CT molecular complexity index is 195. The molecule has 2 nitrogen and oxygen atoms in total. The molecule has 108 valence electrons. The Labute approximate surface area is 118 Å². The second-order valence-electron chi connectivity index (χ2n) is 5.35. The quantitative estimate of drug-likeness (QED) is 0.539. The zero-order valence-electron chi connectivity index (χ0n) is 12.5. The molecule has 0 bridgehead atoms. The normalized spacial score (nSPS) is 10.9. The maximum absolute atomic E-state index is 11.4.